The lowest BCUT2D eigenvalue weighted by Gasteiger charge is -2.14. The van der Waals surface area contributed by atoms with E-state index in [-0.39, 0.29) is 5.92 Å². The zero-order chi connectivity index (χ0) is 23.5. The number of pyridine rings is 1. The standard InChI is InChI=1S/C32H23NOS/c1-19-11-13-24(32-31(19)25-8-4-6-10-30(25)35-32)27-18-22(15-16-33-27)20(2)21-12-14-29-26(17-21)23-7-3-5-9-28(23)34-29/h3-18,20H,1-2H3. The van der Waals surface area contributed by atoms with E-state index in [0.29, 0.717) is 0 Å². The first kappa shape index (κ1) is 20.4. The minimum absolute atomic E-state index is 0.234. The Morgan fingerprint density at radius 3 is 2.43 bits per heavy atom. The van der Waals surface area contributed by atoms with Crippen LogP contribution in [0.1, 0.15) is 29.5 Å². The van der Waals surface area contributed by atoms with Crippen molar-refractivity contribution in [1.29, 1.82) is 0 Å². The second-order valence-electron chi connectivity index (χ2n) is 9.28. The Hall–Kier alpha value is -3.95. The van der Waals surface area contributed by atoms with Crippen LogP contribution in [0.2, 0.25) is 0 Å². The van der Waals surface area contributed by atoms with Crippen LogP contribution in [0.15, 0.2) is 102 Å². The zero-order valence-electron chi connectivity index (χ0n) is 19.6. The topological polar surface area (TPSA) is 26.0 Å². The van der Waals surface area contributed by atoms with E-state index in [0.717, 1.165) is 16.9 Å². The number of nitrogens with zero attached hydrogens (tertiary/aromatic N) is 1. The summed E-state index contributed by atoms with van der Waals surface area (Å²) in [5.41, 5.74) is 7.95. The summed E-state index contributed by atoms with van der Waals surface area (Å²) in [5, 5.41) is 5.01. The van der Waals surface area contributed by atoms with Gasteiger partial charge in [-0.1, -0.05) is 61.5 Å². The normalized spacial score (nSPS) is 12.7. The molecular formula is C32H23NOS. The minimum Gasteiger partial charge on any atom is -0.456 e. The first-order valence-corrected chi connectivity index (χ1v) is 12.8. The molecule has 4 aromatic carbocycles. The van der Waals surface area contributed by atoms with E-state index in [4.69, 9.17) is 9.40 Å². The highest BCUT2D eigenvalue weighted by molar-refractivity contribution is 7.26. The van der Waals surface area contributed by atoms with Gasteiger partial charge in [-0.2, -0.15) is 0 Å². The molecule has 7 aromatic rings. The number of para-hydroxylation sites is 1. The molecule has 0 aliphatic carbocycles. The number of benzene rings is 4. The van der Waals surface area contributed by atoms with Crippen LogP contribution < -0.4 is 0 Å². The number of aryl methyl sites for hydroxylation is 1. The van der Waals surface area contributed by atoms with E-state index < -0.39 is 0 Å². The van der Waals surface area contributed by atoms with Gasteiger partial charge in [0.25, 0.3) is 0 Å². The molecule has 3 aromatic heterocycles. The molecule has 2 nitrogen and oxygen atoms in total. The summed E-state index contributed by atoms with van der Waals surface area (Å²) >= 11 is 1.86. The van der Waals surface area contributed by atoms with Crippen LogP contribution in [0.5, 0.6) is 0 Å². The van der Waals surface area contributed by atoms with Crippen molar-refractivity contribution in [1.82, 2.24) is 4.98 Å². The van der Waals surface area contributed by atoms with Crippen molar-refractivity contribution in [3.8, 4) is 11.3 Å². The molecule has 0 N–H and O–H groups in total. The molecule has 0 aliphatic rings. The van der Waals surface area contributed by atoms with Gasteiger partial charge >= 0.3 is 0 Å². The Morgan fingerprint density at radius 1 is 0.743 bits per heavy atom. The fraction of sp³-hybridized carbons (Fsp3) is 0.0938. The molecule has 0 fully saturated rings. The van der Waals surface area contributed by atoms with Gasteiger partial charge in [0.05, 0.1) is 5.69 Å². The Morgan fingerprint density at radius 2 is 1.51 bits per heavy atom. The number of thiophene rings is 1. The fourth-order valence-electron chi connectivity index (χ4n) is 5.26. The molecule has 3 heterocycles. The van der Waals surface area contributed by atoms with Gasteiger partial charge in [-0.3, -0.25) is 4.98 Å². The summed E-state index contributed by atoms with van der Waals surface area (Å²) in [7, 11) is 0. The summed E-state index contributed by atoms with van der Waals surface area (Å²) in [4.78, 5) is 4.81. The van der Waals surface area contributed by atoms with Crippen LogP contribution in [-0.2, 0) is 0 Å². The molecule has 0 aliphatic heterocycles. The smallest absolute Gasteiger partial charge is 0.135 e. The number of aromatic nitrogens is 1. The number of hydrogen-bond donors (Lipinski definition) is 0. The Bertz CT molecular complexity index is 1890. The van der Waals surface area contributed by atoms with Gasteiger partial charge in [0, 0.05) is 48.6 Å². The monoisotopic (exact) mass is 469 g/mol. The van der Waals surface area contributed by atoms with E-state index in [1.807, 2.05) is 29.7 Å². The summed E-state index contributed by atoms with van der Waals surface area (Å²) in [6, 6.07) is 32.4. The van der Waals surface area contributed by atoms with Gasteiger partial charge in [-0.15, -0.1) is 11.3 Å². The SMILES string of the molecule is Cc1ccc(-c2cc(C(C)c3ccc4oc5ccccc5c4c3)ccn2)c2sc3ccccc3c12. The maximum atomic E-state index is 6.04. The Labute approximate surface area is 207 Å². The number of furan rings is 1. The molecule has 0 amide bonds. The molecule has 0 radical (unpaired) electrons. The van der Waals surface area contributed by atoms with E-state index in [9.17, 15) is 0 Å². The van der Waals surface area contributed by atoms with E-state index in [1.54, 1.807) is 0 Å². The Balaban J connectivity index is 1.35. The lowest BCUT2D eigenvalue weighted by molar-refractivity contribution is 0.668. The highest BCUT2D eigenvalue weighted by atomic mass is 32.1. The molecule has 7 rings (SSSR count). The molecule has 168 valence electrons. The van der Waals surface area contributed by atoms with Crippen LogP contribution >= 0.6 is 11.3 Å². The van der Waals surface area contributed by atoms with Crippen molar-refractivity contribution in [2.45, 2.75) is 19.8 Å². The lowest BCUT2D eigenvalue weighted by atomic mass is 9.91. The third-order valence-electron chi connectivity index (χ3n) is 7.20. The van der Waals surface area contributed by atoms with E-state index >= 15 is 0 Å². The Kier molecular flexibility index (Phi) is 4.55. The molecule has 35 heavy (non-hydrogen) atoms. The average Bonchev–Trinajstić information content (AvgIpc) is 3.47. The van der Waals surface area contributed by atoms with Gasteiger partial charge < -0.3 is 4.42 Å². The van der Waals surface area contributed by atoms with Crippen LogP contribution in [0.3, 0.4) is 0 Å². The lowest BCUT2D eigenvalue weighted by Crippen LogP contribution is -1.97. The van der Waals surface area contributed by atoms with Gasteiger partial charge in [0.2, 0.25) is 0 Å². The van der Waals surface area contributed by atoms with Gasteiger partial charge in [-0.05, 0) is 60.0 Å². The summed E-state index contributed by atoms with van der Waals surface area (Å²) in [6.45, 7) is 4.47. The first-order chi connectivity index (χ1) is 17.2. The zero-order valence-corrected chi connectivity index (χ0v) is 20.4. The summed E-state index contributed by atoms with van der Waals surface area (Å²) in [6.07, 6.45) is 1.95. The van der Waals surface area contributed by atoms with Crippen LogP contribution in [0, 0.1) is 6.92 Å². The molecular weight excluding hydrogens is 446 g/mol. The maximum Gasteiger partial charge on any atom is 0.135 e. The van der Waals surface area contributed by atoms with Crippen molar-refractivity contribution >= 4 is 53.4 Å². The second kappa shape index (κ2) is 7.79. The number of hydrogen-bond acceptors (Lipinski definition) is 3. The van der Waals surface area contributed by atoms with Crippen LogP contribution in [0.25, 0.3) is 53.4 Å². The predicted molar refractivity (Wildman–Crippen MR) is 149 cm³/mol. The maximum absolute atomic E-state index is 6.04. The number of rotatable bonds is 3. The third-order valence-corrected chi connectivity index (χ3v) is 8.40. The van der Waals surface area contributed by atoms with E-state index in [2.05, 4.69) is 92.7 Å². The van der Waals surface area contributed by atoms with Crippen molar-refractivity contribution < 1.29 is 4.42 Å². The molecule has 0 saturated carbocycles. The van der Waals surface area contributed by atoms with Crippen molar-refractivity contribution in [2.75, 3.05) is 0 Å². The molecule has 1 atom stereocenters. The van der Waals surface area contributed by atoms with Crippen LogP contribution in [0.4, 0.5) is 0 Å². The fourth-order valence-corrected chi connectivity index (χ4v) is 6.57. The van der Waals surface area contributed by atoms with Crippen molar-refractivity contribution in [3.05, 3.63) is 114 Å². The number of fused-ring (bicyclic) bond motifs is 6. The van der Waals surface area contributed by atoms with Gasteiger partial charge in [0.1, 0.15) is 11.2 Å². The quantitative estimate of drug-likeness (QED) is 0.257. The third kappa shape index (κ3) is 3.19. The van der Waals surface area contributed by atoms with Crippen LogP contribution in [-0.4, -0.2) is 4.98 Å². The minimum atomic E-state index is 0.234. The van der Waals surface area contributed by atoms with Gasteiger partial charge in [0.15, 0.2) is 0 Å². The first-order valence-electron chi connectivity index (χ1n) is 12.0. The average molecular weight is 470 g/mol. The highest BCUT2D eigenvalue weighted by Crippen LogP contribution is 2.41. The largest absolute Gasteiger partial charge is 0.456 e. The predicted octanol–water partition coefficient (Wildman–Crippen LogP) is 9.48. The summed E-state index contributed by atoms with van der Waals surface area (Å²) < 4.78 is 8.67. The summed E-state index contributed by atoms with van der Waals surface area (Å²) in [5.74, 6) is 0.234. The van der Waals surface area contributed by atoms with Gasteiger partial charge in [-0.25, -0.2) is 0 Å². The molecule has 1 unspecified atom stereocenters. The highest BCUT2D eigenvalue weighted by Gasteiger charge is 2.16. The van der Waals surface area contributed by atoms with Crippen molar-refractivity contribution in [3.63, 3.8) is 0 Å². The molecule has 0 saturated heterocycles. The molecule has 0 bridgehead atoms. The van der Waals surface area contributed by atoms with Crippen molar-refractivity contribution in [2.24, 2.45) is 0 Å². The van der Waals surface area contributed by atoms with E-state index in [1.165, 1.54) is 53.2 Å². The molecule has 3 heteroatoms. The molecule has 0 spiro atoms. The second-order valence-corrected chi connectivity index (χ2v) is 10.3.